The van der Waals surface area contributed by atoms with Crippen molar-refractivity contribution in [3.8, 4) is 11.4 Å². The van der Waals surface area contributed by atoms with E-state index < -0.39 is 6.04 Å². The standard InChI is InChI=1S/C17H23N5O2S/c1-4-9-18-16(24)12(3)19-14(23)10-25-17-20-15(21-22-17)13-7-5-11(2)6-8-13/h5-8,12H,4,9-10H2,1-3H3,(H,18,24)(H,19,23)(H,20,21,22)/t12-/m0/s1. The van der Waals surface area contributed by atoms with E-state index in [1.807, 2.05) is 38.1 Å². The Labute approximate surface area is 151 Å². The minimum Gasteiger partial charge on any atom is -0.354 e. The van der Waals surface area contributed by atoms with Gasteiger partial charge in [-0.1, -0.05) is 48.5 Å². The summed E-state index contributed by atoms with van der Waals surface area (Å²) in [5, 5.41) is 12.9. The molecule has 2 amide bonds. The minimum absolute atomic E-state index is 0.149. The van der Waals surface area contributed by atoms with Gasteiger partial charge in [0.2, 0.25) is 17.0 Å². The first kappa shape index (κ1) is 19.0. The number of amides is 2. The monoisotopic (exact) mass is 361 g/mol. The molecule has 134 valence electrons. The van der Waals surface area contributed by atoms with Gasteiger partial charge in [0, 0.05) is 12.1 Å². The fraction of sp³-hybridized carbons (Fsp3) is 0.412. The van der Waals surface area contributed by atoms with Gasteiger partial charge in [-0.2, -0.15) is 0 Å². The summed E-state index contributed by atoms with van der Waals surface area (Å²) in [7, 11) is 0. The number of benzene rings is 1. The first-order valence-corrected chi connectivity index (χ1v) is 9.17. The van der Waals surface area contributed by atoms with Crippen LogP contribution in [-0.2, 0) is 9.59 Å². The maximum absolute atomic E-state index is 11.9. The Morgan fingerprint density at radius 1 is 1.28 bits per heavy atom. The summed E-state index contributed by atoms with van der Waals surface area (Å²) in [4.78, 5) is 28.0. The number of carbonyl (C=O) groups excluding carboxylic acids is 2. The van der Waals surface area contributed by atoms with Crippen molar-refractivity contribution in [1.82, 2.24) is 25.8 Å². The van der Waals surface area contributed by atoms with E-state index in [2.05, 4.69) is 25.8 Å². The van der Waals surface area contributed by atoms with Crippen LogP contribution in [0, 0.1) is 6.92 Å². The van der Waals surface area contributed by atoms with Crippen LogP contribution in [0.3, 0.4) is 0 Å². The number of H-pyrrole nitrogens is 1. The van der Waals surface area contributed by atoms with Crippen LogP contribution in [-0.4, -0.2) is 45.3 Å². The second-order valence-corrected chi connectivity index (χ2v) is 6.64. The molecule has 0 saturated heterocycles. The molecule has 1 aromatic heterocycles. The molecule has 0 saturated carbocycles. The number of aryl methyl sites for hydroxylation is 1. The quantitative estimate of drug-likeness (QED) is 0.624. The summed E-state index contributed by atoms with van der Waals surface area (Å²) in [6, 6.07) is 7.38. The van der Waals surface area contributed by atoms with Gasteiger partial charge in [-0.15, -0.1) is 5.10 Å². The van der Waals surface area contributed by atoms with Crippen molar-refractivity contribution in [2.45, 2.75) is 38.4 Å². The molecule has 1 atom stereocenters. The van der Waals surface area contributed by atoms with Crippen molar-refractivity contribution in [2.24, 2.45) is 0 Å². The number of thioether (sulfide) groups is 1. The smallest absolute Gasteiger partial charge is 0.242 e. The van der Waals surface area contributed by atoms with Crippen LogP contribution in [0.4, 0.5) is 0 Å². The summed E-state index contributed by atoms with van der Waals surface area (Å²) in [6.45, 7) is 6.26. The van der Waals surface area contributed by atoms with Crippen LogP contribution >= 0.6 is 11.8 Å². The molecule has 8 heteroatoms. The number of aromatic amines is 1. The molecule has 2 rings (SSSR count). The van der Waals surface area contributed by atoms with Gasteiger partial charge >= 0.3 is 0 Å². The van der Waals surface area contributed by atoms with Gasteiger partial charge in [0.15, 0.2) is 5.82 Å². The van der Waals surface area contributed by atoms with Gasteiger partial charge in [-0.25, -0.2) is 4.98 Å². The second-order valence-electron chi connectivity index (χ2n) is 5.70. The molecule has 0 aliphatic heterocycles. The highest BCUT2D eigenvalue weighted by Gasteiger charge is 2.15. The maximum Gasteiger partial charge on any atom is 0.242 e. The highest BCUT2D eigenvalue weighted by atomic mass is 32.2. The molecule has 0 bridgehead atoms. The average molecular weight is 361 g/mol. The molecule has 1 heterocycles. The average Bonchev–Trinajstić information content (AvgIpc) is 3.07. The predicted octanol–water partition coefficient (Wildman–Crippen LogP) is 1.90. The number of nitrogens with one attached hydrogen (secondary N) is 3. The number of aromatic nitrogens is 3. The molecular weight excluding hydrogens is 338 g/mol. The number of nitrogens with zero attached hydrogens (tertiary/aromatic N) is 2. The van der Waals surface area contributed by atoms with Gasteiger partial charge in [-0.3, -0.25) is 14.7 Å². The number of carbonyl (C=O) groups is 2. The number of rotatable bonds is 8. The Balaban J connectivity index is 1.82. The predicted molar refractivity (Wildman–Crippen MR) is 98.2 cm³/mol. The molecule has 7 nitrogen and oxygen atoms in total. The summed E-state index contributed by atoms with van der Waals surface area (Å²) in [5.74, 6) is 0.400. The molecule has 25 heavy (non-hydrogen) atoms. The van der Waals surface area contributed by atoms with Gasteiger partial charge in [0.25, 0.3) is 0 Å². The highest BCUT2D eigenvalue weighted by molar-refractivity contribution is 7.99. The molecular formula is C17H23N5O2S. The molecule has 3 N–H and O–H groups in total. The van der Waals surface area contributed by atoms with Gasteiger partial charge in [-0.05, 0) is 20.3 Å². The topological polar surface area (TPSA) is 99.8 Å². The first-order valence-electron chi connectivity index (χ1n) is 8.19. The lowest BCUT2D eigenvalue weighted by Gasteiger charge is -2.13. The van der Waals surface area contributed by atoms with Crippen molar-refractivity contribution in [3.63, 3.8) is 0 Å². The lowest BCUT2D eigenvalue weighted by atomic mass is 10.1. The van der Waals surface area contributed by atoms with Crippen molar-refractivity contribution in [2.75, 3.05) is 12.3 Å². The van der Waals surface area contributed by atoms with E-state index in [-0.39, 0.29) is 17.6 Å². The van der Waals surface area contributed by atoms with E-state index in [1.54, 1.807) is 6.92 Å². The molecule has 0 aliphatic rings. The number of hydrogen-bond acceptors (Lipinski definition) is 5. The fourth-order valence-corrected chi connectivity index (χ4v) is 2.64. The molecule has 0 fully saturated rings. The third-order valence-electron chi connectivity index (χ3n) is 3.44. The van der Waals surface area contributed by atoms with Crippen LogP contribution in [0.1, 0.15) is 25.8 Å². The molecule has 1 aromatic carbocycles. The van der Waals surface area contributed by atoms with Crippen molar-refractivity contribution < 1.29 is 9.59 Å². The van der Waals surface area contributed by atoms with Gasteiger partial charge in [0.05, 0.1) is 5.75 Å². The summed E-state index contributed by atoms with van der Waals surface area (Å²) < 4.78 is 0. The zero-order valence-electron chi connectivity index (χ0n) is 14.6. The maximum atomic E-state index is 11.9. The highest BCUT2D eigenvalue weighted by Crippen LogP contribution is 2.19. The largest absolute Gasteiger partial charge is 0.354 e. The minimum atomic E-state index is -0.560. The van der Waals surface area contributed by atoms with E-state index in [9.17, 15) is 9.59 Å². The Bertz CT molecular complexity index is 714. The van der Waals surface area contributed by atoms with E-state index in [0.717, 1.165) is 12.0 Å². The summed E-state index contributed by atoms with van der Waals surface area (Å²) >= 11 is 1.22. The zero-order valence-corrected chi connectivity index (χ0v) is 15.4. The third-order valence-corrected chi connectivity index (χ3v) is 4.29. The van der Waals surface area contributed by atoms with Crippen molar-refractivity contribution >= 4 is 23.6 Å². The molecule has 0 aliphatic carbocycles. The van der Waals surface area contributed by atoms with Gasteiger partial charge < -0.3 is 10.6 Å². The summed E-state index contributed by atoms with van der Waals surface area (Å²) in [6.07, 6.45) is 0.858. The molecule has 0 unspecified atom stereocenters. The number of hydrogen-bond donors (Lipinski definition) is 3. The van der Waals surface area contributed by atoms with Crippen molar-refractivity contribution in [1.29, 1.82) is 0 Å². The van der Waals surface area contributed by atoms with Crippen LogP contribution in [0.25, 0.3) is 11.4 Å². The fourth-order valence-electron chi connectivity index (χ4n) is 2.03. The third kappa shape index (κ3) is 5.90. The first-order chi connectivity index (χ1) is 12.0. The normalized spacial score (nSPS) is 11.8. The van der Waals surface area contributed by atoms with Gasteiger partial charge in [0.1, 0.15) is 6.04 Å². The van der Waals surface area contributed by atoms with E-state index in [0.29, 0.717) is 17.5 Å². The Kier molecular flexibility index (Phi) is 7.00. The Morgan fingerprint density at radius 3 is 2.68 bits per heavy atom. The van der Waals surface area contributed by atoms with E-state index >= 15 is 0 Å². The second kappa shape index (κ2) is 9.22. The van der Waals surface area contributed by atoms with Crippen LogP contribution in [0.2, 0.25) is 0 Å². The zero-order chi connectivity index (χ0) is 18.2. The van der Waals surface area contributed by atoms with Crippen LogP contribution in [0.5, 0.6) is 0 Å². The Morgan fingerprint density at radius 2 is 2.00 bits per heavy atom. The van der Waals surface area contributed by atoms with E-state index in [1.165, 1.54) is 17.3 Å². The Hall–Kier alpha value is -2.35. The van der Waals surface area contributed by atoms with Crippen LogP contribution < -0.4 is 10.6 Å². The van der Waals surface area contributed by atoms with Crippen molar-refractivity contribution in [3.05, 3.63) is 29.8 Å². The molecule has 0 spiro atoms. The molecule has 2 aromatic rings. The van der Waals surface area contributed by atoms with Crippen LogP contribution in [0.15, 0.2) is 29.4 Å². The SMILES string of the molecule is CCCNC(=O)[C@H](C)NC(=O)CSc1n[nH]c(-c2ccc(C)cc2)n1. The lowest BCUT2D eigenvalue weighted by Crippen LogP contribution is -2.45. The van der Waals surface area contributed by atoms with E-state index in [4.69, 9.17) is 0 Å². The molecule has 0 radical (unpaired) electrons. The lowest BCUT2D eigenvalue weighted by molar-refractivity contribution is -0.127. The summed E-state index contributed by atoms with van der Waals surface area (Å²) in [5.41, 5.74) is 2.11.